The molecule has 0 saturated heterocycles. The lowest BCUT2D eigenvalue weighted by atomic mass is 10.5. The zero-order valence-electron chi connectivity index (χ0n) is 7.37. The summed E-state index contributed by atoms with van der Waals surface area (Å²) in [6.07, 6.45) is 0. The largest absolute Gasteiger partial charge is 0.481 e. The van der Waals surface area contributed by atoms with E-state index in [1.54, 1.807) is 6.07 Å². The maximum absolute atomic E-state index is 11.4. The van der Waals surface area contributed by atoms with Crippen LogP contribution in [-0.4, -0.2) is 21.7 Å². The molecule has 13 heavy (non-hydrogen) atoms. The van der Waals surface area contributed by atoms with Crippen LogP contribution in [-0.2, 0) is 0 Å². The number of nitrogens with one attached hydrogen (secondary N) is 1. The number of rotatable bonds is 1. The first-order chi connectivity index (χ1) is 6.20. The highest BCUT2D eigenvalue weighted by Crippen LogP contribution is 2.05. The summed E-state index contributed by atoms with van der Waals surface area (Å²) in [6.45, 7) is 1.86. The summed E-state index contributed by atoms with van der Waals surface area (Å²) >= 11 is 0. The molecule has 2 aromatic heterocycles. The molecule has 2 rings (SSSR count). The van der Waals surface area contributed by atoms with Crippen molar-refractivity contribution in [2.45, 2.75) is 6.92 Å². The van der Waals surface area contributed by atoms with Crippen molar-refractivity contribution in [2.24, 2.45) is 0 Å². The average molecular weight is 179 g/mol. The standard InChI is InChI=1S/C8H9N3O2/c1-5-3-6-9-7(13-2)4-8(12)11(6)10-5/h3-4,10H,1-2H3. The first-order valence-corrected chi connectivity index (χ1v) is 3.84. The summed E-state index contributed by atoms with van der Waals surface area (Å²) < 4.78 is 6.25. The summed E-state index contributed by atoms with van der Waals surface area (Å²) in [4.78, 5) is 15.5. The third-order valence-electron chi connectivity index (χ3n) is 1.76. The summed E-state index contributed by atoms with van der Waals surface area (Å²) in [7, 11) is 1.48. The quantitative estimate of drug-likeness (QED) is 0.686. The second-order valence-electron chi connectivity index (χ2n) is 2.77. The highest BCUT2D eigenvalue weighted by Gasteiger charge is 2.03. The Labute approximate surface area is 74.0 Å². The Balaban J connectivity index is 2.83. The van der Waals surface area contributed by atoms with Crippen molar-refractivity contribution < 1.29 is 4.74 Å². The smallest absolute Gasteiger partial charge is 0.276 e. The van der Waals surface area contributed by atoms with Gasteiger partial charge in [0.25, 0.3) is 5.56 Å². The normalized spacial score (nSPS) is 10.6. The minimum Gasteiger partial charge on any atom is -0.481 e. The molecule has 0 aliphatic rings. The van der Waals surface area contributed by atoms with E-state index in [2.05, 4.69) is 10.1 Å². The number of aromatic amines is 1. The third kappa shape index (κ3) is 1.18. The Hall–Kier alpha value is -1.78. The van der Waals surface area contributed by atoms with Crippen LogP contribution in [0.2, 0.25) is 0 Å². The van der Waals surface area contributed by atoms with Gasteiger partial charge in [0.15, 0.2) is 5.65 Å². The third-order valence-corrected chi connectivity index (χ3v) is 1.76. The molecule has 0 bridgehead atoms. The topological polar surface area (TPSA) is 59.4 Å². The molecule has 5 heteroatoms. The van der Waals surface area contributed by atoms with Crippen molar-refractivity contribution in [3.63, 3.8) is 0 Å². The number of nitrogens with zero attached hydrogens (tertiary/aromatic N) is 2. The van der Waals surface area contributed by atoms with Crippen molar-refractivity contribution in [2.75, 3.05) is 7.11 Å². The second kappa shape index (κ2) is 2.62. The molecule has 0 spiro atoms. The van der Waals surface area contributed by atoms with Gasteiger partial charge in [-0.25, -0.2) is 4.52 Å². The zero-order chi connectivity index (χ0) is 9.42. The molecule has 2 heterocycles. The SMILES string of the molecule is COc1cc(=O)n2[nH]c(C)cc2n1. The van der Waals surface area contributed by atoms with Gasteiger partial charge in [-0.2, -0.15) is 4.98 Å². The van der Waals surface area contributed by atoms with Crippen LogP contribution in [0.15, 0.2) is 16.9 Å². The number of hydrogen-bond donors (Lipinski definition) is 1. The van der Waals surface area contributed by atoms with E-state index in [-0.39, 0.29) is 5.56 Å². The lowest BCUT2D eigenvalue weighted by molar-refractivity contribution is 0.397. The fraction of sp³-hybridized carbons (Fsp3) is 0.250. The van der Waals surface area contributed by atoms with Gasteiger partial charge in [0, 0.05) is 11.8 Å². The Morgan fingerprint density at radius 2 is 2.31 bits per heavy atom. The molecule has 0 fully saturated rings. The van der Waals surface area contributed by atoms with Gasteiger partial charge in [-0.3, -0.25) is 9.89 Å². The Morgan fingerprint density at radius 1 is 1.54 bits per heavy atom. The predicted molar refractivity (Wildman–Crippen MR) is 47.1 cm³/mol. The van der Waals surface area contributed by atoms with Crippen LogP contribution in [0.1, 0.15) is 5.69 Å². The van der Waals surface area contributed by atoms with Gasteiger partial charge in [-0.05, 0) is 6.92 Å². The van der Waals surface area contributed by atoms with Gasteiger partial charge in [0.05, 0.1) is 13.2 Å². The van der Waals surface area contributed by atoms with Crippen LogP contribution < -0.4 is 10.3 Å². The molecule has 5 nitrogen and oxygen atoms in total. The zero-order valence-corrected chi connectivity index (χ0v) is 7.37. The number of aromatic nitrogens is 3. The molecule has 0 saturated carbocycles. The van der Waals surface area contributed by atoms with Crippen molar-refractivity contribution in [3.8, 4) is 5.88 Å². The molecule has 0 aliphatic carbocycles. The number of aryl methyl sites for hydroxylation is 1. The maximum atomic E-state index is 11.4. The van der Waals surface area contributed by atoms with E-state index in [9.17, 15) is 4.79 Å². The predicted octanol–water partition coefficient (Wildman–Crippen LogP) is 0.340. The molecular formula is C8H9N3O2. The monoisotopic (exact) mass is 179 g/mol. The molecule has 1 N–H and O–H groups in total. The highest BCUT2D eigenvalue weighted by molar-refractivity contribution is 5.40. The Bertz CT molecular complexity index is 498. The minimum absolute atomic E-state index is 0.171. The number of H-pyrrole nitrogens is 1. The van der Waals surface area contributed by atoms with Gasteiger partial charge in [-0.15, -0.1) is 0 Å². The van der Waals surface area contributed by atoms with Crippen LogP contribution in [0, 0.1) is 6.92 Å². The van der Waals surface area contributed by atoms with Crippen molar-refractivity contribution >= 4 is 5.65 Å². The Kier molecular flexibility index (Phi) is 1.58. The maximum Gasteiger partial charge on any atom is 0.276 e. The summed E-state index contributed by atoms with van der Waals surface area (Å²) in [5, 5.41) is 2.86. The molecule has 2 aromatic rings. The summed E-state index contributed by atoms with van der Waals surface area (Å²) in [5.41, 5.74) is 1.29. The fourth-order valence-corrected chi connectivity index (χ4v) is 1.19. The van der Waals surface area contributed by atoms with Crippen molar-refractivity contribution in [1.82, 2.24) is 14.6 Å². The van der Waals surface area contributed by atoms with Gasteiger partial charge in [0.2, 0.25) is 5.88 Å². The first-order valence-electron chi connectivity index (χ1n) is 3.84. The van der Waals surface area contributed by atoms with Crippen LogP contribution >= 0.6 is 0 Å². The molecule has 68 valence electrons. The average Bonchev–Trinajstić information content (AvgIpc) is 2.46. The van der Waals surface area contributed by atoms with Crippen LogP contribution in [0.4, 0.5) is 0 Å². The minimum atomic E-state index is -0.171. The lowest BCUT2D eigenvalue weighted by Gasteiger charge is -1.96. The van der Waals surface area contributed by atoms with E-state index in [4.69, 9.17) is 4.74 Å². The van der Waals surface area contributed by atoms with Gasteiger partial charge >= 0.3 is 0 Å². The van der Waals surface area contributed by atoms with E-state index >= 15 is 0 Å². The fourth-order valence-electron chi connectivity index (χ4n) is 1.19. The number of methoxy groups -OCH3 is 1. The first kappa shape index (κ1) is 7.85. The number of fused-ring (bicyclic) bond motifs is 1. The van der Waals surface area contributed by atoms with Crippen LogP contribution in [0.5, 0.6) is 5.88 Å². The number of hydrogen-bond acceptors (Lipinski definition) is 3. The van der Waals surface area contributed by atoms with Gasteiger partial charge in [-0.1, -0.05) is 0 Å². The molecule has 0 unspecified atom stereocenters. The van der Waals surface area contributed by atoms with Gasteiger partial charge in [0.1, 0.15) is 0 Å². The van der Waals surface area contributed by atoms with Crippen LogP contribution in [0.25, 0.3) is 5.65 Å². The summed E-state index contributed by atoms with van der Waals surface area (Å²) in [5.74, 6) is 0.337. The lowest BCUT2D eigenvalue weighted by Crippen LogP contribution is -2.14. The van der Waals surface area contributed by atoms with E-state index < -0.39 is 0 Å². The molecule has 0 aliphatic heterocycles. The summed E-state index contributed by atoms with van der Waals surface area (Å²) in [6, 6.07) is 3.12. The highest BCUT2D eigenvalue weighted by atomic mass is 16.5. The van der Waals surface area contributed by atoms with E-state index in [0.717, 1.165) is 5.69 Å². The molecule has 0 radical (unpaired) electrons. The molecule has 0 aromatic carbocycles. The van der Waals surface area contributed by atoms with Crippen molar-refractivity contribution in [1.29, 1.82) is 0 Å². The molecular weight excluding hydrogens is 170 g/mol. The molecule has 0 atom stereocenters. The van der Waals surface area contributed by atoms with E-state index in [1.165, 1.54) is 17.7 Å². The van der Waals surface area contributed by atoms with E-state index in [0.29, 0.717) is 11.5 Å². The Morgan fingerprint density at radius 3 is 3.00 bits per heavy atom. The van der Waals surface area contributed by atoms with E-state index in [1.807, 2.05) is 6.92 Å². The van der Waals surface area contributed by atoms with Crippen molar-refractivity contribution in [3.05, 3.63) is 28.2 Å². The second-order valence-corrected chi connectivity index (χ2v) is 2.77. The van der Waals surface area contributed by atoms with Gasteiger partial charge < -0.3 is 4.74 Å². The number of ether oxygens (including phenoxy) is 1. The van der Waals surface area contributed by atoms with Crippen LogP contribution in [0.3, 0.4) is 0 Å². The molecule has 0 amide bonds.